The van der Waals surface area contributed by atoms with Crippen LogP contribution >= 0.6 is 0 Å². The number of aryl methyl sites for hydroxylation is 2. The minimum atomic E-state index is -0.448. The first-order valence-corrected chi connectivity index (χ1v) is 7.18. The second kappa shape index (κ2) is 5.42. The van der Waals surface area contributed by atoms with Crippen LogP contribution < -0.4 is 5.32 Å². The molecule has 0 aliphatic rings. The summed E-state index contributed by atoms with van der Waals surface area (Å²) < 4.78 is 6.84. The van der Waals surface area contributed by atoms with Crippen LogP contribution in [0.15, 0.2) is 16.7 Å². The highest BCUT2D eigenvalue weighted by Gasteiger charge is 2.15. The molecule has 3 rings (SSSR count). The summed E-state index contributed by atoms with van der Waals surface area (Å²) in [7, 11) is 0. The summed E-state index contributed by atoms with van der Waals surface area (Å²) in [5.41, 5.74) is 4.03. The Morgan fingerprint density at radius 3 is 2.68 bits per heavy atom. The van der Waals surface area contributed by atoms with Gasteiger partial charge in [-0.3, -0.25) is 0 Å². The van der Waals surface area contributed by atoms with Crippen molar-refractivity contribution in [1.82, 2.24) is 19.8 Å². The lowest BCUT2D eigenvalue weighted by Crippen LogP contribution is -2.18. The number of aliphatic hydroxyl groups excluding tert-OH is 1. The van der Waals surface area contributed by atoms with Crippen LogP contribution in [0.5, 0.6) is 0 Å². The summed E-state index contributed by atoms with van der Waals surface area (Å²) in [5, 5.41) is 21.3. The highest BCUT2D eigenvalue weighted by molar-refractivity contribution is 5.64. The van der Waals surface area contributed by atoms with E-state index in [1.165, 1.54) is 0 Å². The summed E-state index contributed by atoms with van der Waals surface area (Å²) in [6.07, 6.45) is -0.448. The number of hydrogen-bond donors (Lipinski definition) is 2. The average Bonchev–Trinajstić information content (AvgIpc) is 3.05. The van der Waals surface area contributed by atoms with Crippen molar-refractivity contribution in [2.45, 2.75) is 33.8 Å². The molecule has 0 saturated carbocycles. The molecule has 116 valence electrons. The molecule has 0 spiro atoms. The number of anilines is 1. The van der Waals surface area contributed by atoms with Crippen LogP contribution in [0.3, 0.4) is 0 Å². The lowest BCUT2D eigenvalue weighted by molar-refractivity contribution is 0.208. The van der Waals surface area contributed by atoms with Gasteiger partial charge in [0.15, 0.2) is 5.65 Å². The van der Waals surface area contributed by atoms with Crippen molar-refractivity contribution in [3.63, 3.8) is 0 Å². The van der Waals surface area contributed by atoms with Gasteiger partial charge < -0.3 is 14.9 Å². The number of aliphatic hydroxyl groups is 1. The summed E-state index contributed by atoms with van der Waals surface area (Å²) in [6.45, 7) is 7.95. The normalized spacial score (nSPS) is 12.8. The Kier molecular flexibility index (Phi) is 3.58. The van der Waals surface area contributed by atoms with E-state index in [4.69, 9.17) is 4.52 Å². The number of nitrogens with one attached hydrogen (secondary N) is 1. The lowest BCUT2D eigenvalue weighted by atomic mass is 10.2. The van der Waals surface area contributed by atoms with Gasteiger partial charge in [-0.15, -0.1) is 0 Å². The van der Waals surface area contributed by atoms with Gasteiger partial charge in [0.25, 0.3) is 0 Å². The van der Waals surface area contributed by atoms with Gasteiger partial charge in [-0.2, -0.15) is 9.61 Å². The van der Waals surface area contributed by atoms with Crippen molar-refractivity contribution in [2.24, 2.45) is 0 Å². The summed E-state index contributed by atoms with van der Waals surface area (Å²) in [6, 6.07) is 3.71. The van der Waals surface area contributed by atoms with Crippen molar-refractivity contribution in [3.05, 3.63) is 29.2 Å². The Bertz CT molecular complexity index is 819. The molecule has 7 nitrogen and oxygen atoms in total. The second-order valence-corrected chi connectivity index (χ2v) is 5.52. The van der Waals surface area contributed by atoms with Gasteiger partial charge >= 0.3 is 0 Å². The number of fused-ring (bicyclic) bond motifs is 1. The predicted molar refractivity (Wildman–Crippen MR) is 82.9 cm³/mol. The maximum atomic E-state index is 9.50. The fourth-order valence-electron chi connectivity index (χ4n) is 2.27. The summed E-state index contributed by atoms with van der Waals surface area (Å²) >= 11 is 0. The Morgan fingerprint density at radius 1 is 1.27 bits per heavy atom. The van der Waals surface area contributed by atoms with Crippen LogP contribution in [0.4, 0.5) is 5.82 Å². The Morgan fingerprint density at radius 2 is 2.05 bits per heavy atom. The molecule has 3 heterocycles. The van der Waals surface area contributed by atoms with Crippen LogP contribution in [-0.2, 0) is 0 Å². The van der Waals surface area contributed by atoms with Crippen molar-refractivity contribution < 1.29 is 9.63 Å². The highest BCUT2D eigenvalue weighted by atomic mass is 16.5. The zero-order valence-electron chi connectivity index (χ0n) is 13.1. The molecule has 22 heavy (non-hydrogen) atoms. The molecule has 1 atom stereocenters. The first kappa shape index (κ1) is 14.5. The predicted octanol–water partition coefficient (Wildman–Crippen LogP) is 2.10. The van der Waals surface area contributed by atoms with Crippen molar-refractivity contribution in [3.8, 4) is 11.4 Å². The first-order valence-electron chi connectivity index (χ1n) is 7.18. The highest BCUT2D eigenvalue weighted by Crippen LogP contribution is 2.24. The van der Waals surface area contributed by atoms with E-state index in [0.717, 1.165) is 28.5 Å². The molecule has 7 heteroatoms. The number of hydrogen-bond acceptors (Lipinski definition) is 6. The van der Waals surface area contributed by atoms with E-state index in [1.807, 2.05) is 32.9 Å². The summed E-state index contributed by atoms with van der Waals surface area (Å²) in [5.74, 6) is 1.56. The monoisotopic (exact) mass is 301 g/mol. The Labute approximate surface area is 128 Å². The van der Waals surface area contributed by atoms with Crippen LogP contribution in [0.25, 0.3) is 17.0 Å². The van der Waals surface area contributed by atoms with Crippen LogP contribution in [0.1, 0.15) is 23.9 Å². The van der Waals surface area contributed by atoms with Gasteiger partial charge in [0.05, 0.1) is 6.10 Å². The molecule has 0 saturated heterocycles. The fourth-order valence-corrected chi connectivity index (χ4v) is 2.27. The Balaban J connectivity index is 2.12. The van der Waals surface area contributed by atoms with Crippen molar-refractivity contribution in [1.29, 1.82) is 0 Å². The van der Waals surface area contributed by atoms with E-state index in [0.29, 0.717) is 17.9 Å². The SMILES string of the molecule is Cc1cc(-c2cc3nc(C)c(C)c(NC[C@H](C)O)n3n2)no1. The minimum Gasteiger partial charge on any atom is -0.392 e. The molecule has 0 aliphatic heterocycles. The van der Waals surface area contributed by atoms with E-state index < -0.39 is 6.10 Å². The van der Waals surface area contributed by atoms with E-state index >= 15 is 0 Å². The fraction of sp³-hybridized carbons (Fsp3) is 0.400. The van der Waals surface area contributed by atoms with Crippen molar-refractivity contribution in [2.75, 3.05) is 11.9 Å². The quantitative estimate of drug-likeness (QED) is 0.767. The molecule has 0 amide bonds. The molecule has 3 aromatic heterocycles. The van der Waals surface area contributed by atoms with Crippen LogP contribution in [0.2, 0.25) is 0 Å². The zero-order chi connectivity index (χ0) is 15.9. The third-order valence-corrected chi connectivity index (χ3v) is 3.54. The Hall–Kier alpha value is -2.41. The van der Waals surface area contributed by atoms with Crippen LogP contribution in [0, 0.1) is 20.8 Å². The average molecular weight is 301 g/mol. The summed E-state index contributed by atoms with van der Waals surface area (Å²) in [4.78, 5) is 4.56. The van der Waals surface area contributed by atoms with Gasteiger partial charge in [-0.1, -0.05) is 5.16 Å². The third kappa shape index (κ3) is 2.55. The molecule has 0 bridgehead atoms. The van der Waals surface area contributed by atoms with Gasteiger partial charge in [0.1, 0.15) is 23.0 Å². The van der Waals surface area contributed by atoms with E-state index in [-0.39, 0.29) is 0 Å². The largest absolute Gasteiger partial charge is 0.392 e. The van der Waals surface area contributed by atoms with E-state index in [1.54, 1.807) is 11.4 Å². The molecular formula is C15H19N5O2. The molecule has 0 aromatic carbocycles. The zero-order valence-corrected chi connectivity index (χ0v) is 13.1. The molecule has 2 N–H and O–H groups in total. The van der Waals surface area contributed by atoms with Gasteiger partial charge in [-0.25, -0.2) is 4.98 Å². The number of aromatic nitrogens is 4. The van der Waals surface area contributed by atoms with Gasteiger partial charge in [-0.05, 0) is 27.7 Å². The molecular weight excluding hydrogens is 282 g/mol. The van der Waals surface area contributed by atoms with Crippen molar-refractivity contribution >= 4 is 11.5 Å². The second-order valence-electron chi connectivity index (χ2n) is 5.52. The third-order valence-electron chi connectivity index (χ3n) is 3.54. The molecule has 0 aliphatic carbocycles. The molecule has 0 fully saturated rings. The molecule has 0 unspecified atom stereocenters. The maximum Gasteiger partial charge on any atom is 0.158 e. The first-order chi connectivity index (χ1) is 10.5. The van der Waals surface area contributed by atoms with E-state index in [2.05, 4.69) is 20.6 Å². The minimum absolute atomic E-state index is 0.442. The maximum absolute atomic E-state index is 9.50. The standard InChI is InChI=1S/C15H19N5O2/c1-8(21)7-16-15-10(3)11(4)17-14-6-12(18-20(14)15)13-5-9(2)22-19-13/h5-6,8,16,21H,7H2,1-4H3/t8-/m0/s1. The van der Waals surface area contributed by atoms with Gasteiger partial charge in [0.2, 0.25) is 0 Å². The molecule has 0 radical (unpaired) electrons. The topological polar surface area (TPSA) is 88.5 Å². The number of rotatable bonds is 4. The van der Waals surface area contributed by atoms with Crippen LogP contribution in [-0.4, -0.2) is 37.5 Å². The van der Waals surface area contributed by atoms with E-state index in [9.17, 15) is 5.11 Å². The lowest BCUT2D eigenvalue weighted by Gasteiger charge is -2.14. The smallest absolute Gasteiger partial charge is 0.158 e. The number of nitrogens with zero attached hydrogens (tertiary/aromatic N) is 4. The van der Waals surface area contributed by atoms with Gasteiger partial charge in [0, 0.05) is 29.9 Å². The molecule has 3 aromatic rings.